The Balaban J connectivity index is 1.97. The van der Waals surface area contributed by atoms with E-state index in [1.54, 1.807) is 18.5 Å². The maximum absolute atomic E-state index is 11.6. The summed E-state index contributed by atoms with van der Waals surface area (Å²) in [7, 11) is -4.34. The van der Waals surface area contributed by atoms with Gasteiger partial charge in [0, 0.05) is 12.4 Å². The van der Waals surface area contributed by atoms with Gasteiger partial charge < -0.3 is 0 Å². The first-order valence-electron chi connectivity index (χ1n) is 7.81. The zero-order valence-electron chi connectivity index (χ0n) is 13.7. The van der Waals surface area contributed by atoms with Crippen molar-refractivity contribution in [3.05, 3.63) is 90.0 Å². The first kappa shape index (κ1) is 17.7. The van der Waals surface area contributed by atoms with Gasteiger partial charge in [0.2, 0.25) is 0 Å². The van der Waals surface area contributed by atoms with Gasteiger partial charge in [0.05, 0.1) is 16.3 Å². The molecule has 130 valence electrons. The highest BCUT2D eigenvalue weighted by Gasteiger charge is 2.11. The fourth-order valence-electron chi connectivity index (χ4n) is 2.27. The molecule has 0 atom stereocenters. The molecule has 3 aromatic carbocycles. The van der Waals surface area contributed by atoms with Crippen LogP contribution < -0.4 is 0 Å². The molecular formula is C20H16N2O3S. The summed E-state index contributed by atoms with van der Waals surface area (Å²) in [6.07, 6.45) is 3.09. The van der Waals surface area contributed by atoms with Crippen LogP contribution in [0.15, 0.2) is 93.7 Å². The van der Waals surface area contributed by atoms with Crippen LogP contribution in [0.1, 0.15) is 11.1 Å². The van der Waals surface area contributed by atoms with E-state index in [0.29, 0.717) is 11.1 Å². The van der Waals surface area contributed by atoms with E-state index in [2.05, 4.69) is 9.98 Å². The highest BCUT2D eigenvalue weighted by Crippen LogP contribution is 2.16. The zero-order chi connectivity index (χ0) is 18.4. The molecule has 0 saturated heterocycles. The Morgan fingerprint density at radius 1 is 0.692 bits per heavy atom. The van der Waals surface area contributed by atoms with Crippen LogP contribution in [-0.2, 0) is 10.1 Å². The maximum atomic E-state index is 11.6. The molecule has 0 amide bonds. The molecule has 0 saturated carbocycles. The Bertz CT molecular complexity index is 977. The van der Waals surface area contributed by atoms with E-state index in [1.165, 1.54) is 12.1 Å². The van der Waals surface area contributed by atoms with Crippen molar-refractivity contribution in [1.82, 2.24) is 0 Å². The Morgan fingerprint density at radius 3 is 1.50 bits per heavy atom. The summed E-state index contributed by atoms with van der Waals surface area (Å²) in [4.78, 5) is 8.42. The Kier molecular flexibility index (Phi) is 5.36. The Hall–Kier alpha value is -3.09. The fourth-order valence-corrected chi connectivity index (χ4v) is 2.84. The molecule has 5 nitrogen and oxygen atoms in total. The SMILES string of the molecule is O=S(=O)(O)c1cc(C=Nc2ccccc2)cc(C=Nc2ccccc2)c1. The molecule has 0 unspecified atom stereocenters. The normalized spacial score (nSPS) is 12.0. The molecule has 0 aromatic heterocycles. The average molecular weight is 364 g/mol. The predicted molar refractivity (Wildman–Crippen MR) is 104 cm³/mol. The second kappa shape index (κ2) is 7.86. The van der Waals surface area contributed by atoms with Crippen molar-refractivity contribution in [3.63, 3.8) is 0 Å². The van der Waals surface area contributed by atoms with Crippen LogP contribution in [0.25, 0.3) is 0 Å². The van der Waals surface area contributed by atoms with Crippen molar-refractivity contribution in [2.45, 2.75) is 4.90 Å². The van der Waals surface area contributed by atoms with Crippen molar-refractivity contribution >= 4 is 33.9 Å². The lowest BCUT2D eigenvalue weighted by atomic mass is 10.1. The van der Waals surface area contributed by atoms with Gasteiger partial charge in [-0.25, -0.2) is 0 Å². The van der Waals surface area contributed by atoms with E-state index in [4.69, 9.17) is 0 Å². The standard InChI is InChI=1S/C20H16N2O3S/c23-26(24,25)20-12-16(14-21-18-7-3-1-4-8-18)11-17(13-20)15-22-19-9-5-2-6-10-19/h1-15H,(H,23,24,25). The van der Waals surface area contributed by atoms with E-state index >= 15 is 0 Å². The zero-order valence-corrected chi connectivity index (χ0v) is 14.5. The molecule has 0 aliphatic carbocycles. The van der Waals surface area contributed by atoms with Gasteiger partial charge in [-0.15, -0.1) is 0 Å². The molecule has 26 heavy (non-hydrogen) atoms. The highest BCUT2D eigenvalue weighted by atomic mass is 32.2. The van der Waals surface area contributed by atoms with Crippen molar-refractivity contribution < 1.29 is 13.0 Å². The van der Waals surface area contributed by atoms with Gasteiger partial charge in [0.1, 0.15) is 0 Å². The van der Waals surface area contributed by atoms with Crippen molar-refractivity contribution in [1.29, 1.82) is 0 Å². The number of hydrogen-bond acceptors (Lipinski definition) is 4. The Morgan fingerprint density at radius 2 is 1.12 bits per heavy atom. The van der Waals surface area contributed by atoms with Crippen LogP contribution in [0.5, 0.6) is 0 Å². The highest BCUT2D eigenvalue weighted by molar-refractivity contribution is 7.85. The second-order valence-electron chi connectivity index (χ2n) is 5.50. The quantitative estimate of drug-likeness (QED) is 0.537. The summed E-state index contributed by atoms with van der Waals surface area (Å²) < 4.78 is 32.5. The number of aliphatic imine (C=N–C) groups is 2. The molecule has 3 aromatic rings. The number of hydrogen-bond donors (Lipinski definition) is 1. The lowest BCUT2D eigenvalue weighted by molar-refractivity contribution is 0.483. The molecule has 0 fully saturated rings. The van der Waals surface area contributed by atoms with Crippen molar-refractivity contribution in [3.8, 4) is 0 Å². The lowest BCUT2D eigenvalue weighted by Gasteiger charge is -2.03. The van der Waals surface area contributed by atoms with E-state index in [1.807, 2.05) is 60.7 Å². The summed E-state index contributed by atoms with van der Waals surface area (Å²) >= 11 is 0. The molecule has 0 aliphatic heterocycles. The maximum Gasteiger partial charge on any atom is 0.294 e. The van der Waals surface area contributed by atoms with Crippen molar-refractivity contribution in [2.24, 2.45) is 9.98 Å². The van der Waals surface area contributed by atoms with Gasteiger partial charge >= 0.3 is 0 Å². The summed E-state index contributed by atoms with van der Waals surface area (Å²) in [6, 6.07) is 23.0. The van der Waals surface area contributed by atoms with Gasteiger partial charge in [-0.1, -0.05) is 36.4 Å². The molecule has 0 radical (unpaired) electrons. The first-order chi connectivity index (χ1) is 12.5. The van der Waals surface area contributed by atoms with Crippen molar-refractivity contribution in [2.75, 3.05) is 0 Å². The van der Waals surface area contributed by atoms with Crippen LogP contribution in [0, 0.1) is 0 Å². The monoisotopic (exact) mass is 364 g/mol. The van der Waals surface area contributed by atoms with Crippen LogP contribution >= 0.6 is 0 Å². The molecule has 0 spiro atoms. The van der Waals surface area contributed by atoms with E-state index in [-0.39, 0.29) is 4.90 Å². The summed E-state index contributed by atoms with van der Waals surface area (Å²) in [5, 5.41) is 0. The topological polar surface area (TPSA) is 79.1 Å². The molecule has 0 heterocycles. The minimum absolute atomic E-state index is 0.205. The van der Waals surface area contributed by atoms with Crippen LogP contribution in [0.4, 0.5) is 11.4 Å². The van der Waals surface area contributed by atoms with Crippen LogP contribution in [0.3, 0.4) is 0 Å². The summed E-state index contributed by atoms with van der Waals surface area (Å²) in [5.74, 6) is 0. The molecule has 3 rings (SSSR count). The van der Waals surface area contributed by atoms with Gasteiger partial charge in [-0.05, 0) is 53.6 Å². The van der Waals surface area contributed by atoms with E-state index in [0.717, 1.165) is 11.4 Å². The number of nitrogens with zero attached hydrogens (tertiary/aromatic N) is 2. The summed E-state index contributed by atoms with van der Waals surface area (Å²) in [5.41, 5.74) is 2.56. The molecule has 0 aliphatic rings. The van der Waals surface area contributed by atoms with Gasteiger partial charge in [-0.2, -0.15) is 8.42 Å². The van der Waals surface area contributed by atoms with Gasteiger partial charge in [0.15, 0.2) is 0 Å². The van der Waals surface area contributed by atoms with E-state index in [9.17, 15) is 13.0 Å². The molecule has 6 heteroatoms. The molecule has 0 bridgehead atoms. The third-order valence-corrected chi connectivity index (χ3v) is 4.32. The van der Waals surface area contributed by atoms with Gasteiger partial charge in [-0.3, -0.25) is 14.5 Å². The minimum Gasteiger partial charge on any atom is -0.282 e. The Labute approximate surface area is 152 Å². The third kappa shape index (κ3) is 4.95. The molecule has 1 N–H and O–H groups in total. The minimum atomic E-state index is -4.34. The second-order valence-corrected chi connectivity index (χ2v) is 6.92. The largest absolute Gasteiger partial charge is 0.294 e. The van der Waals surface area contributed by atoms with Gasteiger partial charge in [0.25, 0.3) is 10.1 Å². The number of rotatable bonds is 5. The summed E-state index contributed by atoms with van der Waals surface area (Å²) in [6.45, 7) is 0. The number of para-hydroxylation sites is 2. The number of benzene rings is 3. The third-order valence-electron chi connectivity index (χ3n) is 3.49. The van der Waals surface area contributed by atoms with Crippen LogP contribution in [-0.4, -0.2) is 25.4 Å². The molecular weight excluding hydrogens is 348 g/mol. The van der Waals surface area contributed by atoms with E-state index < -0.39 is 10.1 Å². The van der Waals surface area contributed by atoms with Crippen LogP contribution in [0.2, 0.25) is 0 Å². The fraction of sp³-hybridized carbons (Fsp3) is 0. The average Bonchev–Trinajstić information content (AvgIpc) is 2.66. The first-order valence-corrected chi connectivity index (χ1v) is 9.25. The smallest absolute Gasteiger partial charge is 0.282 e. The predicted octanol–water partition coefficient (Wildman–Crippen LogP) is 4.43. The lowest BCUT2D eigenvalue weighted by Crippen LogP contribution is -2.01.